The summed E-state index contributed by atoms with van der Waals surface area (Å²) in [7, 11) is 0. The van der Waals surface area contributed by atoms with Gasteiger partial charge in [-0.15, -0.1) is 0 Å². The maximum absolute atomic E-state index is 9.67. The van der Waals surface area contributed by atoms with Crippen LogP contribution >= 0.6 is 31.9 Å². The summed E-state index contributed by atoms with van der Waals surface area (Å²) in [5.41, 5.74) is 11.8. The minimum Gasteiger partial charge on any atom is -0.506 e. The molecule has 72 valence electrons. The fraction of sp³-hybridized carbons (Fsp3) is 0.250. The summed E-state index contributed by atoms with van der Waals surface area (Å²) in [6.45, 7) is 0.294. The second-order valence-electron chi connectivity index (χ2n) is 2.63. The standard InChI is InChI=1S/C8H10Br2N2O/c9-4-1-2-5(10)8(13)7(4)6(12)3-11/h1-2,6,13H,3,11-12H2/t6-/m0/s1. The molecular formula is C8H10Br2N2O. The Hall–Kier alpha value is -0.100. The molecule has 0 saturated heterocycles. The van der Waals surface area contributed by atoms with Crippen molar-refractivity contribution >= 4 is 31.9 Å². The van der Waals surface area contributed by atoms with Crippen LogP contribution in [0.25, 0.3) is 0 Å². The molecule has 0 saturated carbocycles. The summed E-state index contributed by atoms with van der Waals surface area (Å²) >= 11 is 6.52. The number of phenolic OH excluding ortho intramolecular Hbond substituents is 1. The average molecular weight is 310 g/mol. The van der Waals surface area contributed by atoms with Gasteiger partial charge in [-0.3, -0.25) is 0 Å². The van der Waals surface area contributed by atoms with Crippen LogP contribution in [0, 0.1) is 0 Å². The number of benzene rings is 1. The van der Waals surface area contributed by atoms with E-state index in [1.807, 2.05) is 6.07 Å². The summed E-state index contributed by atoms with van der Waals surface area (Å²) in [4.78, 5) is 0. The molecule has 5 N–H and O–H groups in total. The number of hydrogen-bond donors (Lipinski definition) is 3. The third-order valence-corrected chi connectivity index (χ3v) is 3.07. The van der Waals surface area contributed by atoms with Gasteiger partial charge in [0.15, 0.2) is 0 Å². The lowest BCUT2D eigenvalue weighted by Crippen LogP contribution is -2.21. The topological polar surface area (TPSA) is 72.3 Å². The van der Waals surface area contributed by atoms with Crippen molar-refractivity contribution in [1.82, 2.24) is 0 Å². The van der Waals surface area contributed by atoms with Crippen LogP contribution in [0.3, 0.4) is 0 Å². The van der Waals surface area contributed by atoms with E-state index in [2.05, 4.69) is 31.9 Å². The van der Waals surface area contributed by atoms with Gasteiger partial charge in [0.25, 0.3) is 0 Å². The molecule has 0 amide bonds. The van der Waals surface area contributed by atoms with E-state index in [1.54, 1.807) is 6.07 Å². The van der Waals surface area contributed by atoms with Gasteiger partial charge in [0.2, 0.25) is 0 Å². The van der Waals surface area contributed by atoms with E-state index in [1.165, 1.54) is 0 Å². The monoisotopic (exact) mass is 308 g/mol. The first-order valence-electron chi connectivity index (χ1n) is 3.70. The SMILES string of the molecule is NC[C@H](N)c1c(Br)ccc(Br)c1O. The van der Waals surface area contributed by atoms with Crippen molar-refractivity contribution in [2.75, 3.05) is 6.54 Å². The zero-order valence-corrected chi connectivity index (χ0v) is 9.97. The highest BCUT2D eigenvalue weighted by atomic mass is 79.9. The second kappa shape index (κ2) is 4.41. The summed E-state index contributed by atoms with van der Waals surface area (Å²) in [6, 6.07) is 3.20. The maximum atomic E-state index is 9.67. The molecule has 1 aromatic rings. The first-order chi connectivity index (χ1) is 6.07. The van der Waals surface area contributed by atoms with Gasteiger partial charge in [-0.2, -0.15) is 0 Å². The smallest absolute Gasteiger partial charge is 0.135 e. The molecule has 5 heteroatoms. The Balaban J connectivity index is 3.25. The normalized spacial score (nSPS) is 12.9. The van der Waals surface area contributed by atoms with E-state index in [0.717, 1.165) is 4.47 Å². The lowest BCUT2D eigenvalue weighted by Gasteiger charge is -2.14. The average Bonchev–Trinajstić information content (AvgIpc) is 2.12. The van der Waals surface area contributed by atoms with Crippen LogP contribution < -0.4 is 11.5 Å². The number of phenols is 1. The molecule has 13 heavy (non-hydrogen) atoms. The molecule has 0 aromatic heterocycles. The molecule has 0 fully saturated rings. The summed E-state index contributed by atoms with van der Waals surface area (Å²) in [5, 5.41) is 9.67. The van der Waals surface area contributed by atoms with Gasteiger partial charge in [0, 0.05) is 22.6 Å². The maximum Gasteiger partial charge on any atom is 0.135 e. The van der Waals surface area contributed by atoms with Gasteiger partial charge >= 0.3 is 0 Å². The quantitative estimate of drug-likeness (QED) is 0.781. The molecule has 0 unspecified atom stereocenters. The van der Waals surface area contributed by atoms with Crippen molar-refractivity contribution in [3.05, 3.63) is 26.6 Å². The van der Waals surface area contributed by atoms with Crippen molar-refractivity contribution in [3.63, 3.8) is 0 Å². The van der Waals surface area contributed by atoms with Gasteiger partial charge < -0.3 is 16.6 Å². The van der Waals surface area contributed by atoms with Gasteiger partial charge in [-0.25, -0.2) is 0 Å². The van der Waals surface area contributed by atoms with Gasteiger partial charge in [0.1, 0.15) is 5.75 Å². The van der Waals surface area contributed by atoms with Crippen molar-refractivity contribution in [2.24, 2.45) is 11.5 Å². The third-order valence-electron chi connectivity index (χ3n) is 1.74. The Morgan fingerprint density at radius 3 is 2.38 bits per heavy atom. The Morgan fingerprint density at radius 1 is 1.31 bits per heavy atom. The van der Waals surface area contributed by atoms with Crippen LogP contribution in [0.15, 0.2) is 21.1 Å². The van der Waals surface area contributed by atoms with E-state index >= 15 is 0 Å². The molecule has 0 aliphatic heterocycles. The summed E-state index contributed by atoms with van der Waals surface area (Å²) in [6.07, 6.45) is 0. The van der Waals surface area contributed by atoms with Crippen LogP contribution in [0.5, 0.6) is 5.75 Å². The molecule has 0 aliphatic carbocycles. The minimum atomic E-state index is -0.355. The van der Waals surface area contributed by atoms with Crippen LogP contribution in [-0.4, -0.2) is 11.7 Å². The molecule has 0 spiro atoms. The van der Waals surface area contributed by atoms with Gasteiger partial charge in [0.05, 0.1) is 4.47 Å². The van der Waals surface area contributed by atoms with E-state index in [-0.39, 0.29) is 11.8 Å². The van der Waals surface area contributed by atoms with Crippen molar-refractivity contribution in [3.8, 4) is 5.75 Å². The zero-order chi connectivity index (χ0) is 10.0. The number of hydrogen-bond acceptors (Lipinski definition) is 3. The van der Waals surface area contributed by atoms with Crippen LogP contribution in [0.2, 0.25) is 0 Å². The molecule has 0 radical (unpaired) electrons. The fourth-order valence-corrected chi connectivity index (χ4v) is 1.99. The first kappa shape index (κ1) is 11.0. The highest BCUT2D eigenvalue weighted by molar-refractivity contribution is 9.11. The highest BCUT2D eigenvalue weighted by Gasteiger charge is 2.15. The Kier molecular flexibility index (Phi) is 3.73. The molecule has 1 atom stereocenters. The van der Waals surface area contributed by atoms with Crippen molar-refractivity contribution < 1.29 is 5.11 Å². The predicted octanol–water partition coefficient (Wildman–Crippen LogP) is 1.88. The van der Waals surface area contributed by atoms with E-state index in [9.17, 15) is 5.11 Å². The lowest BCUT2D eigenvalue weighted by molar-refractivity contribution is 0.458. The third kappa shape index (κ3) is 2.22. The molecule has 0 bridgehead atoms. The lowest BCUT2D eigenvalue weighted by atomic mass is 10.1. The molecule has 1 aromatic carbocycles. The number of aromatic hydroxyl groups is 1. The van der Waals surface area contributed by atoms with Crippen LogP contribution in [0.4, 0.5) is 0 Å². The van der Waals surface area contributed by atoms with Crippen LogP contribution in [0.1, 0.15) is 11.6 Å². The van der Waals surface area contributed by atoms with Crippen molar-refractivity contribution in [1.29, 1.82) is 0 Å². The Morgan fingerprint density at radius 2 is 1.85 bits per heavy atom. The van der Waals surface area contributed by atoms with E-state index < -0.39 is 0 Å². The second-order valence-corrected chi connectivity index (χ2v) is 4.34. The molecule has 3 nitrogen and oxygen atoms in total. The Bertz CT molecular complexity index is 317. The first-order valence-corrected chi connectivity index (χ1v) is 5.29. The highest BCUT2D eigenvalue weighted by Crippen LogP contribution is 2.36. The number of nitrogens with two attached hydrogens (primary N) is 2. The van der Waals surface area contributed by atoms with Gasteiger partial charge in [-0.05, 0) is 28.1 Å². The molecule has 0 heterocycles. The Labute approximate surface area is 93.4 Å². The zero-order valence-electron chi connectivity index (χ0n) is 6.80. The summed E-state index contributed by atoms with van der Waals surface area (Å²) in [5.74, 6) is 0.146. The van der Waals surface area contributed by atoms with E-state index in [4.69, 9.17) is 11.5 Å². The van der Waals surface area contributed by atoms with Crippen LogP contribution in [-0.2, 0) is 0 Å². The van der Waals surface area contributed by atoms with Gasteiger partial charge in [-0.1, -0.05) is 15.9 Å². The van der Waals surface area contributed by atoms with E-state index in [0.29, 0.717) is 16.6 Å². The molecule has 0 aliphatic rings. The molecular weight excluding hydrogens is 300 g/mol. The number of halogens is 2. The number of rotatable bonds is 2. The fourth-order valence-electron chi connectivity index (χ4n) is 1.03. The molecule has 1 rings (SSSR count). The largest absolute Gasteiger partial charge is 0.506 e. The minimum absolute atomic E-state index is 0.146. The summed E-state index contributed by atoms with van der Waals surface area (Å²) < 4.78 is 1.39. The van der Waals surface area contributed by atoms with Crippen molar-refractivity contribution in [2.45, 2.75) is 6.04 Å². The predicted molar refractivity (Wildman–Crippen MR) is 59.5 cm³/mol.